The van der Waals surface area contributed by atoms with Crippen molar-refractivity contribution in [2.24, 2.45) is 0 Å². The van der Waals surface area contributed by atoms with Crippen molar-refractivity contribution in [1.29, 1.82) is 0 Å². The molecule has 0 spiro atoms. The first kappa shape index (κ1) is 28.3. The molecule has 1 aliphatic rings. The van der Waals surface area contributed by atoms with Gasteiger partial charge in [-0.1, -0.05) is 0 Å². The van der Waals surface area contributed by atoms with Gasteiger partial charge in [-0.25, -0.2) is 0 Å². The Morgan fingerprint density at radius 1 is 1.17 bits per heavy atom. The third-order valence-electron chi connectivity index (χ3n) is 7.35. The Morgan fingerprint density at radius 2 is 1.95 bits per heavy atom. The fourth-order valence-corrected chi connectivity index (χ4v) is 5.44. The van der Waals surface area contributed by atoms with Gasteiger partial charge in [0.25, 0.3) is 11.8 Å². The van der Waals surface area contributed by atoms with Gasteiger partial charge < -0.3 is 40.2 Å². The summed E-state index contributed by atoms with van der Waals surface area (Å²) in [6, 6.07) is 9.65. The number of rotatable bonds is 9. The van der Waals surface area contributed by atoms with Crippen molar-refractivity contribution >= 4 is 56.8 Å². The number of nitrogens with zero attached hydrogens (tertiary/aromatic N) is 2. The van der Waals surface area contributed by atoms with Crippen molar-refractivity contribution in [3.8, 4) is 11.5 Å². The maximum atomic E-state index is 13.7. The van der Waals surface area contributed by atoms with Crippen molar-refractivity contribution in [2.45, 2.75) is 18.9 Å². The van der Waals surface area contributed by atoms with E-state index < -0.39 is 11.9 Å². The molecule has 5 rings (SSSR count). The van der Waals surface area contributed by atoms with Crippen LogP contribution in [0.3, 0.4) is 0 Å². The van der Waals surface area contributed by atoms with Gasteiger partial charge in [-0.3, -0.25) is 14.4 Å². The number of alkyl halides is 1. The van der Waals surface area contributed by atoms with Gasteiger partial charge in [-0.15, -0.1) is 11.6 Å². The number of nitrogens with one attached hydrogen (secondary N) is 4. The molecule has 1 aliphatic heterocycles. The number of hydrogen-bond acceptors (Lipinski definition) is 6. The summed E-state index contributed by atoms with van der Waals surface area (Å²) >= 11 is 6.36. The summed E-state index contributed by atoms with van der Waals surface area (Å²) in [5, 5.41) is 17.8. The first-order valence-electron chi connectivity index (χ1n) is 13.3. The number of fused-ring (bicyclic) bond motifs is 4. The van der Waals surface area contributed by atoms with Gasteiger partial charge in [-0.05, 0) is 56.9 Å². The summed E-state index contributed by atoms with van der Waals surface area (Å²) in [7, 11) is 5.40. The molecule has 216 valence electrons. The minimum atomic E-state index is -0.768. The number of H-pyrrole nitrogens is 2. The molecule has 2 atom stereocenters. The van der Waals surface area contributed by atoms with E-state index in [0.717, 1.165) is 16.5 Å². The van der Waals surface area contributed by atoms with Crippen LogP contribution in [0.5, 0.6) is 11.5 Å². The molecule has 0 fully saturated rings. The Bertz CT molecular complexity index is 1640. The summed E-state index contributed by atoms with van der Waals surface area (Å²) in [4.78, 5) is 48.8. The number of carbonyl (C=O) groups is 3. The van der Waals surface area contributed by atoms with Gasteiger partial charge in [0, 0.05) is 53.8 Å². The fourth-order valence-electron chi connectivity index (χ4n) is 5.18. The predicted octanol–water partition coefficient (Wildman–Crippen LogP) is 3.14. The standard InChI is InChI=1S/C29H33ClN6O5/c1-15(27(38)31-7-8-35(2)3)32-28(39)21-11-19-25-17(13-30)14-36(23(25)12-24(37)26(19)34-21)29(40)22-10-16-9-18(41-4)5-6-20(16)33-22/h5-6,9-12,15,17,33-34,37H,7-8,13-14H2,1-4H3,(H,31,38)(H,32,39)/t15-,17?/m0/s1. The molecular weight excluding hydrogens is 548 g/mol. The maximum Gasteiger partial charge on any atom is 0.274 e. The predicted molar refractivity (Wildman–Crippen MR) is 158 cm³/mol. The third-order valence-corrected chi connectivity index (χ3v) is 7.72. The van der Waals surface area contributed by atoms with Gasteiger partial charge in [-0.2, -0.15) is 0 Å². The van der Waals surface area contributed by atoms with Crippen molar-refractivity contribution in [2.75, 3.05) is 51.6 Å². The van der Waals surface area contributed by atoms with E-state index in [-0.39, 0.29) is 35.1 Å². The second-order valence-corrected chi connectivity index (χ2v) is 10.8. The first-order valence-corrected chi connectivity index (χ1v) is 13.8. The highest BCUT2D eigenvalue weighted by molar-refractivity contribution is 6.19. The molecule has 0 bridgehead atoms. The van der Waals surface area contributed by atoms with Crippen LogP contribution < -0.4 is 20.3 Å². The van der Waals surface area contributed by atoms with Crippen LogP contribution in [-0.4, -0.2) is 90.5 Å². The Labute approximate surface area is 241 Å². The van der Waals surface area contributed by atoms with Crippen LogP contribution in [0.25, 0.3) is 21.8 Å². The number of ether oxygens (including phenoxy) is 1. The van der Waals surface area contributed by atoms with E-state index in [1.54, 1.807) is 31.1 Å². The quantitative estimate of drug-likeness (QED) is 0.193. The lowest BCUT2D eigenvalue weighted by molar-refractivity contribution is -0.122. The highest BCUT2D eigenvalue weighted by Gasteiger charge is 2.36. The minimum absolute atomic E-state index is 0.110. The van der Waals surface area contributed by atoms with Crippen LogP contribution in [-0.2, 0) is 4.79 Å². The molecule has 2 aromatic carbocycles. The average molecular weight is 581 g/mol. The molecule has 41 heavy (non-hydrogen) atoms. The number of aromatic nitrogens is 2. The Kier molecular flexibility index (Phi) is 7.83. The Morgan fingerprint density at radius 3 is 2.66 bits per heavy atom. The number of phenolic OH excluding ortho intramolecular Hbond substituents is 1. The maximum absolute atomic E-state index is 13.7. The number of likely N-dealkylation sites (N-methyl/N-ethyl adjacent to an activating group) is 1. The summed E-state index contributed by atoms with van der Waals surface area (Å²) in [5.41, 5.74) is 3.02. The average Bonchev–Trinajstić information content (AvgIpc) is 3.67. The van der Waals surface area contributed by atoms with Gasteiger partial charge in [0.2, 0.25) is 5.91 Å². The molecule has 0 radical (unpaired) electrons. The van der Waals surface area contributed by atoms with E-state index in [4.69, 9.17) is 16.3 Å². The van der Waals surface area contributed by atoms with Gasteiger partial charge >= 0.3 is 0 Å². The smallest absolute Gasteiger partial charge is 0.274 e. The van der Waals surface area contributed by atoms with Gasteiger partial charge in [0.05, 0.1) is 18.3 Å². The number of hydrogen-bond donors (Lipinski definition) is 5. The molecule has 5 N–H and O–H groups in total. The number of anilines is 1. The van der Waals surface area contributed by atoms with E-state index in [1.165, 1.54) is 6.07 Å². The molecule has 0 saturated heterocycles. The first-order chi connectivity index (χ1) is 19.6. The topological polar surface area (TPSA) is 143 Å². The molecule has 4 aromatic rings. The summed E-state index contributed by atoms with van der Waals surface area (Å²) in [6.07, 6.45) is 0. The van der Waals surface area contributed by atoms with Crippen LogP contribution in [0.15, 0.2) is 36.4 Å². The number of carbonyl (C=O) groups excluding carboxylic acids is 3. The number of amides is 3. The van der Waals surface area contributed by atoms with Crippen LogP contribution in [0.2, 0.25) is 0 Å². The largest absolute Gasteiger partial charge is 0.506 e. The third kappa shape index (κ3) is 5.42. The highest BCUT2D eigenvalue weighted by atomic mass is 35.5. The van der Waals surface area contributed by atoms with Crippen LogP contribution >= 0.6 is 11.6 Å². The molecule has 1 unspecified atom stereocenters. The van der Waals surface area contributed by atoms with E-state index in [1.807, 2.05) is 37.2 Å². The molecule has 3 heterocycles. The summed E-state index contributed by atoms with van der Waals surface area (Å²) < 4.78 is 5.29. The van der Waals surface area contributed by atoms with E-state index >= 15 is 0 Å². The normalized spacial score (nSPS) is 15.4. The van der Waals surface area contributed by atoms with Crippen molar-refractivity contribution in [3.63, 3.8) is 0 Å². The van der Waals surface area contributed by atoms with Crippen molar-refractivity contribution in [3.05, 3.63) is 53.3 Å². The lowest BCUT2D eigenvalue weighted by Crippen LogP contribution is -2.46. The van der Waals surface area contributed by atoms with Gasteiger partial charge in [0.15, 0.2) is 0 Å². The van der Waals surface area contributed by atoms with Crippen LogP contribution in [0.4, 0.5) is 5.69 Å². The van der Waals surface area contributed by atoms with Crippen molar-refractivity contribution in [1.82, 2.24) is 25.5 Å². The fraction of sp³-hybridized carbons (Fsp3) is 0.345. The number of methoxy groups -OCH3 is 1. The molecular formula is C29H33ClN6O5. The highest BCUT2D eigenvalue weighted by Crippen LogP contribution is 2.46. The van der Waals surface area contributed by atoms with E-state index in [2.05, 4.69) is 20.6 Å². The zero-order chi connectivity index (χ0) is 29.4. The lowest BCUT2D eigenvalue weighted by atomic mass is 9.98. The second-order valence-electron chi connectivity index (χ2n) is 10.5. The molecule has 11 nitrogen and oxygen atoms in total. The molecule has 0 aliphatic carbocycles. The van der Waals surface area contributed by atoms with E-state index in [0.29, 0.717) is 47.7 Å². The molecule has 12 heteroatoms. The lowest BCUT2D eigenvalue weighted by Gasteiger charge is -2.17. The van der Waals surface area contributed by atoms with E-state index in [9.17, 15) is 19.5 Å². The summed E-state index contributed by atoms with van der Waals surface area (Å²) in [6.45, 7) is 3.05. The Balaban J connectivity index is 1.42. The molecule has 0 saturated carbocycles. The number of phenols is 1. The number of aromatic hydroxyl groups is 1. The second kappa shape index (κ2) is 11.3. The number of benzene rings is 2. The van der Waals surface area contributed by atoms with Crippen molar-refractivity contribution < 1.29 is 24.2 Å². The minimum Gasteiger partial charge on any atom is -0.506 e. The number of halogens is 1. The Hall–Kier alpha value is -4.22. The van der Waals surface area contributed by atoms with Gasteiger partial charge in [0.1, 0.15) is 28.9 Å². The monoisotopic (exact) mass is 580 g/mol. The molecule has 3 amide bonds. The SMILES string of the molecule is COc1ccc2[nH]c(C(=O)N3CC(CCl)c4c3cc(O)c3[nH]c(C(=O)N[C@@H](C)C(=O)NCCN(C)C)cc43)cc2c1. The van der Waals surface area contributed by atoms with Crippen LogP contribution in [0, 0.1) is 0 Å². The number of aromatic amines is 2. The summed E-state index contributed by atoms with van der Waals surface area (Å²) in [5.74, 6) is -0.480. The zero-order valence-electron chi connectivity index (χ0n) is 23.3. The molecule has 2 aromatic heterocycles. The van der Waals surface area contributed by atoms with Crippen LogP contribution in [0.1, 0.15) is 39.4 Å². The zero-order valence-corrected chi connectivity index (χ0v) is 24.1.